The molecule has 0 aliphatic rings. The van der Waals surface area contributed by atoms with Crippen molar-refractivity contribution in [2.24, 2.45) is 5.73 Å². The van der Waals surface area contributed by atoms with Crippen LogP contribution in [0.25, 0.3) is 0 Å². The van der Waals surface area contributed by atoms with Crippen molar-refractivity contribution < 1.29 is 13.2 Å². The summed E-state index contributed by atoms with van der Waals surface area (Å²) in [6, 6.07) is 5.52. The monoisotopic (exact) mass is 282 g/mol. The van der Waals surface area contributed by atoms with E-state index < -0.39 is 16.1 Å². The fraction of sp³-hybridized carbons (Fsp3) is 0.273. The van der Waals surface area contributed by atoms with Crippen molar-refractivity contribution in [1.82, 2.24) is 10.0 Å². The van der Waals surface area contributed by atoms with Gasteiger partial charge in [0.05, 0.1) is 16.5 Å². The van der Waals surface area contributed by atoms with Crippen molar-refractivity contribution in [3.8, 4) is 6.07 Å². The summed E-state index contributed by atoms with van der Waals surface area (Å²) in [4.78, 5) is 10.5. The number of aryl methyl sites for hydroxylation is 1. The average molecular weight is 282 g/mol. The normalized spacial score (nSPS) is 10.7. The van der Waals surface area contributed by atoms with Gasteiger partial charge in [-0.3, -0.25) is 0 Å². The molecule has 1 aromatic carbocycles. The predicted molar refractivity (Wildman–Crippen MR) is 68.7 cm³/mol. The number of nitrogens with zero attached hydrogens (tertiary/aromatic N) is 1. The number of urea groups is 1. The number of rotatable bonds is 5. The molecule has 102 valence electrons. The second-order valence-corrected chi connectivity index (χ2v) is 5.52. The number of nitriles is 1. The van der Waals surface area contributed by atoms with E-state index in [1.807, 2.05) is 6.07 Å². The lowest BCUT2D eigenvalue weighted by molar-refractivity contribution is 0.249. The minimum Gasteiger partial charge on any atom is -0.352 e. The lowest BCUT2D eigenvalue weighted by Gasteiger charge is -2.09. The number of nitrogens with two attached hydrogens (primary N) is 1. The summed E-state index contributed by atoms with van der Waals surface area (Å²) >= 11 is 0. The molecule has 19 heavy (non-hydrogen) atoms. The van der Waals surface area contributed by atoms with Crippen LogP contribution in [0.5, 0.6) is 0 Å². The van der Waals surface area contributed by atoms with Gasteiger partial charge in [0.25, 0.3) is 0 Å². The molecule has 7 nitrogen and oxygen atoms in total. The van der Waals surface area contributed by atoms with E-state index in [4.69, 9.17) is 11.0 Å². The summed E-state index contributed by atoms with van der Waals surface area (Å²) in [5, 5.41) is 11.0. The molecular weight excluding hydrogens is 268 g/mol. The third kappa shape index (κ3) is 4.24. The number of nitrogens with one attached hydrogen (secondary N) is 2. The van der Waals surface area contributed by atoms with Crippen LogP contribution < -0.4 is 15.8 Å². The number of benzene rings is 1. The first-order chi connectivity index (χ1) is 8.86. The fourth-order valence-corrected chi connectivity index (χ4v) is 2.73. The average Bonchev–Trinajstić information content (AvgIpc) is 2.34. The Morgan fingerprint density at radius 2 is 2.11 bits per heavy atom. The second-order valence-electron chi connectivity index (χ2n) is 3.78. The van der Waals surface area contributed by atoms with Gasteiger partial charge in [0.15, 0.2) is 0 Å². The van der Waals surface area contributed by atoms with Crippen LogP contribution in [-0.2, 0) is 10.0 Å². The number of hydrogen-bond acceptors (Lipinski definition) is 4. The van der Waals surface area contributed by atoms with Gasteiger partial charge in [0.1, 0.15) is 0 Å². The van der Waals surface area contributed by atoms with Crippen LogP contribution in [0.3, 0.4) is 0 Å². The summed E-state index contributed by atoms with van der Waals surface area (Å²) in [6.45, 7) is 1.74. The number of amides is 2. The minimum absolute atomic E-state index is 0.0325. The quantitative estimate of drug-likeness (QED) is 0.647. The van der Waals surface area contributed by atoms with Crippen LogP contribution in [0, 0.1) is 18.3 Å². The Morgan fingerprint density at radius 3 is 2.63 bits per heavy atom. The maximum atomic E-state index is 12.0. The van der Waals surface area contributed by atoms with Crippen LogP contribution in [0.2, 0.25) is 0 Å². The smallest absolute Gasteiger partial charge is 0.312 e. The standard InChI is InChI=1S/C11H14N4O3S/c1-8-6-9(7-12)2-3-10(8)19(17,18)15-5-4-14-11(13)16/h2-3,6,15H,4-5H2,1H3,(H3,13,14,16). The molecule has 0 aliphatic carbocycles. The van der Waals surface area contributed by atoms with Crippen LogP contribution in [0.1, 0.15) is 11.1 Å². The number of hydrogen-bond donors (Lipinski definition) is 3. The highest BCUT2D eigenvalue weighted by molar-refractivity contribution is 7.89. The summed E-state index contributed by atoms with van der Waals surface area (Å²) in [6.07, 6.45) is 0. The highest BCUT2D eigenvalue weighted by Crippen LogP contribution is 2.15. The maximum Gasteiger partial charge on any atom is 0.312 e. The molecule has 0 saturated heterocycles. The van der Waals surface area contributed by atoms with Gasteiger partial charge in [-0.05, 0) is 30.7 Å². The van der Waals surface area contributed by atoms with E-state index >= 15 is 0 Å². The summed E-state index contributed by atoms with van der Waals surface area (Å²) in [5.41, 5.74) is 5.73. The van der Waals surface area contributed by atoms with Crippen molar-refractivity contribution in [3.05, 3.63) is 29.3 Å². The molecule has 4 N–H and O–H groups in total. The van der Waals surface area contributed by atoms with Gasteiger partial charge < -0.3 is 11.1 Å². The van der Waals surface area contributed by atoms with Crippen molar-refractivity contribution in [1.29, 1.82) is 5.26 Å². The molecule has 0 atom stereocenters. The van der Waals surface area contributed by atoms with Crippen molar-refractivity contribution in [3.63, 3.8) is 0 Å². The number of carbonyl (C=O) groups excluding carboxylic acids is 1. The van der Waals surface area contributed by atoms with E-state index in [2.05, 4.69) is 10.0 Å². The Hall–Kier alpha value is -2.11. The first-order valence-corrected chi connectivity index (χ1v) is 6.89. The zero-order valence-electron chi connectivity index (χ0n) is 10.3. The van der Waals surface area contributed by atoms with E-state index in [-0.39, 0.29) is 18.0 Å². The Bertz CT molecular complexity index is 619. The van der Waals surface area contributed by atoms with E-state index in [9.17, 15) is 13.2 Å². The minimum atomic E-state index is -3.67. The molecule has 0 fully saturated rings. The lowest BCUT2D eigenvalue weighted by Crippen LogP contribution is -2.37. The van der Waals surface area contributed by atoms with Gasteiger partial charge in [-0.1, -0.05) is 0 Å². The molecule has 8 heteroatoms. The van der Waals surface area contributed by atoms with Gasteiger partial charge in [0.2, 0.25) is 10.0 Å². The van der Waals surface area contributed by atoms with Crippen LogP contribution >= 0.6 is 0 Å². The molecule has 0 aromatic heterocycles. The van der Waals surface area contributed by atoms with Gasteiger partial charge in [-0.2, -0.15) is 5.26 Å². The topological polar surface area (TPSA) is 125 Å². The highest BCUT2D eigenvalue weighted by Gasteiger charge is 2.16. The zero-order chi connectivity index (χ0) is 14.5. The molecular formula is C11H14N4O3S. The maximum absolute atomic E-state index is 12.0. The largest absolute Gasteiger partial charge is 0.352 e. The molecule has 1 aromatic rings. The SMILES string of the molecule is Cc1cc(C#N)ccc1S(=O)(=O)NCCNC(N)=O. The molecule has 2 amide bonds. The highest BCUT2D eigenvalue weighted by atomic mass is 32.2. The predicted octanol–water partition coefficient (Wildman–Crippen LogP) is -0.187. The van der Waals surface area contributed by atoms with Crippen molar-refractivity contribution in [2.75, 3.05) is 13.1 Å². The Kier molecular flexibility index (Phi) is 4.86. The van der Waals surface area contributed by atoms with E-state index in [1.54, 1.807) is 6.92 Å². The van der Waals surface area contributed by atoms with Gasteiger partial charge >= 0.3 is 6.03 Å². The molecule has 0 unspecified atom stereocenters. The summed E-state index contributed by atoms with van der Waals surface area (Å²) in [5.74, 6) is 0. The Labute approximate surface area is 111 Å². The fourth-order valence-electron chi connectivity index (χ4n) is 1.47. The van der Waals surface area contributed by atoms with E-state index in [1.165, 1.54) is 18.2 Å². The first-order valence-electron chi connectivity index (χ1n) is 5.40. The molecule has 0 bridgehead atoms. The molecule has 0 radical (unpaired) electrons. The van der Waals surface area contributed by atoms with E-state index in [0.717, 1.165) is 0 Å². The molecule has 0 aliphatic heterocycles. The molecule has 1 rings (SSSR count). The van der Waals surface area contributed by atoms with Crippen LogP contribution in [0.4, 0.5) is 4.79 Å². The van der Waals surface area contributed by atoms with Crippen molar-refractivity contribution >= 4 is 16.1 Å². The number of carbonyl (C=O) groups is 1. The lowest BCUT2D eigenvalue weighted by atomic mass is 10.2. The molecule has 0 saturated carbocycles. The Balaban J connectivity index is 2.78. The van der Waals surface area contributed by atoms with E-state index in [0.29, 0.717) is 11.1 Å². The van der Waals surface area contributed by atoms with Gasteiger partial charge in [0, 0.05) is 13.1 Å². The van der Waals surface area contributed by atoms with Crippen molar-refractivity contribution in [2.45, 2.75) is 11.8 Å². The summed E-state index contributed by atoms with van der Waals surface area (Å²) in [7, 11) is -3.67. The first kappa shape index (κ1) is 14.9. The van der Waals surface area contributed by atoms with Gasteiger partial charge in [-0.25, -0.2) is 17.9 Å². The number of sulfonamides is 1. The Morgan fingerprint density at radius 1 is 1.42 bits per heavy atom. The van der Waals surface area contributed by atoms with Crippen LogP contribution in [-0.4, -0.2) is 27.5 Å². The zero-order valence-corrected chi connectivity index (χ0v) is 11.1. The number of primary amides is 1. The van der Waals surface area contributed by atoms with Gasteiger partial charge in [-0.15, -0.1) is 0 Å². The third-order valence-corrected chi connectivity index (χ3v) is 3.93. The summed E-state index contributed by atoms with van der Waals surface area (Å²) < 4.78 is 26.2. The second kappa shape index (κ2) is 6.17. The molecule has 0 heterocycles. The third-order valence-electron chi connectivity index (χ3n) is 2.31. The molecule has 0 spiro atoms. The van der Waals surface area contributed by atoms with Crippen LogP contribution in [0.15, 0.2) is 23.1 Å².